The van der Waals surface area contributed by atoms with Crippen LogP contribution in [0.2, 0.25) is 0 Å². The number of rotatable bonds is 9. The zero-order valence-corrected chi connectivity index (χ0v) is 12.3. The molecule has 0 saturated carbocycles. The first-order valence-electron chi connectivity index (χ1n) is 7.33. The van der Waals surface area contributed by atoms with Crippen LogP contribution < -0.4 is 5.32 Å². The molecule has 0 aromatic rings. The van der Waals surface area contributed by atoms with E-state index in [-0.39, 0.29) is 0 Å². The van der Waals surface area contributed by atoms with Crippen molar-refractivity contribution in [2.75, 3.05) is 46.5 Å². The van der Waals surface area contributed by atoms with Crippen LogP contribution in [0.5, 0.6) is 0 Å². The van der Waals surface area contributed by atoms with Gasteiger partial charge < -0.3 is 14.8 Å². The number of hydrogen-bond donors (Lipinski definition) is 1. The van der Waals surface area contributed by atoms with Crippen molar-refractivity contribution in [3.63, 3.8) is 0 Å². The molecular formula is C14H30N2O2. The van der Waals surface area contributed by atoms with Crippen molar-refractivity contribution in [2.24, 2.45) is 0 Å². The van der Waals surface area contributed by atoms with Crippen LogP contribution in [0.4, 0.5) is 0 Å². The molecule has 1 atom stereocenters. The Balaban J connectivity index is 2.18. The summed E-state index contributed by atoms with van der Waals surface area (Å²) in [7, 11) is 1.76. The standard InChI is InChI=1S/C14H30N2O2/c1-4-13(2)16(9-11-17-3)10-12-18-14-5-7-15-8-6-14/h13-15H,4-12H2,1-3H3. The Morgan fingerprint density at radius 3 is 2.50 bits per heavy atom. The van der Waals surface area contributed by atoms with Crippen LogP contribution in [0.25, 0.3) is 0 Å². The fourth-order valence-electron chi connectivity index (χ4n) is 2.32. The van der Waals surface area contributed by atoms with Gasteiger partial charge in [0.1, 0.15) is 0 Å². The summed E-state index contributed by atoms with van der Waals surface area (Å²) < 4.78 is 11.1. The van der Waals surface area contributed by atoms with Gasteiger partial charge in [-0.25, -0.2) is 0 Å². The Morgan fingerprint density at radius 2 is 1.89 bits per heavy atom. The highest BCUT2D eigenvalue weighted by atomic mass is 16.5. The SMILES string of the molecule is CCC(C)N(CCOC)CCOC1CCNCC1. The Morgan fingerprint density at radius 1 is 1.22 bits per heavy atom. The predicted octanol–water partition coefficient (Wildman–Crippen LogP) is 1.50. The summed E-state index contributed by atoms with van der Waals surface area (Å²) in [5.41, 5.74) is 0. The lowest BCUT2D eigenvalue weighted by Crippen LogP contribution is -2.39. The topological polar surface area (TPSA) is 33.7 Å². The second-order valence-electron chi connectivity index (χ2n) is 5.11. The number of nitrogens with zero attached hydrogens (tertiary/aromatic N) is 1. The fourth-order valence-corrected chi connectivity index (χ4v) is 2.32. The van der Waals surface area contributed by atoms with E-state index in [0.717, 1.165) is 52.2 Å². The zero-order chi connectivity index (χ0) is 13.2. The van der Waals surface area contributed by atoms with Gasteiger partial charge in [0, 0.05) is 26.2 Å². The van der Waals surface area contributed by atoms with Gasteiger partial charge in [-0.3, -0.25) is 4.90 Å². The van der Waals surface area contributed by atoms with Crippen molar-refractivity contribution >= 4 is 0 Å². The third kappa shape index (κ3) is 6.14. The summed E-state index contributed by atoms with van der Waals surface area (Å²) in [6.07, 6.45) is 3.95. The minimum atomic E-state index is 0.465. The Labute approximate surface area is 112 Å². The van der Waals surface area contributed by atoms with Gasteiger partial charge in [-0.1, -0.05) is 6.92 Å². The molecule has 1 N–H and O–H groups in total. The predicted molar refractivity (Wildman–Crippen MR) is 75.0 cm³/mol. The molecule has 0 amide bonds. The van der Waals surface area contributed by atoms with E-state index < -0.39 is 0 Å². The summed E-state index contributed by atoms with van der Waals surface area (Å²) in [6.45, 7) is 10.4. The van der Waals surface area contributed by atoms with Gasteiger partial charge in [0.05, 0.1) is 19.3 Å². The van der Waals surface area contributed by atoms with E-state index in [4.69, 9.17) is 9.47 Å². The van der Waals surface area contributed by atoms with E-state index in [2.05, 4.69) is 24.1 Å². The molecule has 0 aliphatic carbocycles. The molecule has 1 saturated heterocycles. The summed E-state index contributed by atoms with van der Waals surface area (Å²) in [5, 5.41) is 3.36. The van der Waals surface area contributed by atoms with E-state index in [1.54, 1.807) is 7.11 Å². The second-order valence-corrected chi connectivity index (χ2v) is 5.11. The molecule has 1 unspecified atom stereocenters. The number of nitrogens with one attached hydrogen (secondary N) is 1. The van der Waals surface area contributed by atoms with Gasteiger partial charge in [-0.05, 0) is 39.3 Å². The normalized spacial score (nSPS) is 19.3. The minimum Gasteiger partial charge on any atom is -0.383 e. The van der Waals surface area contributed by atoms with E-state index in [1.807, 2.05) is 0 Å². The maximum atomic E-state index is 5.97. The highest BCUT2D eigenvalue weighted by molar-refractivity contribution is 4.70. The second kappa shape index (κ2) is 9.73. The van der Waals surface area contributed by atoms with Crippen LogP contribution in [0.15, 0.2) is 0 Å². The third-order valence-corrected chi connectivity index (χ3v) is 3.82. The van der Waals surface area contributed by atoms with Crippen molar-refractivity contribution < 1.29 is 9.47 Å². The van der Waals surface area contributed by atoms with Crippen molar-refractivity contribution in [2.45, 2.75) is 45.3 Å². The molecule has 0 aromatic carbocycles. The van der Waals surface area contributed by atoms with Gasteiger partial charge in [0.2, 0.25) is 0 Å². The van der Waals surface area contributed by atoms with Gasteiger partial charge in [-0.2, -0.15) is 0 Å². The molecule has 4 heteroatoms. The van der Waals surface area contributed by atoms with Crippen LogP contribution in [-0.4, -0.2) is 63.5 Å². The van der Waals surface area contributed by atoms with Crippen molar-refractivity contribution in [3.05, 3.63) is 0 Å². The van der Waals surface area contributed by atoms with Crippen LogP contribution in [0.3, 0.4) is 0 Å². The van der Waals surface area contributed by atoms with Gasteiger partial charge in [0.25, 0.3) is 0 Å². The number of ether oxygens (including phenoxy) is 2. The number of piperidine rings is 1. The largest absolute Gasteiger partial charge is 0.383 e. The molecule has 18 heavy (non-hydrogen) atoms. The van der Waals surface area contributed by atoms with E-state index in [0.29, 0.717) is 12.1 Å². The number of methoxy groups -OCH3 is 1. The van der Waals surface area contributed by atoms with E-state index in [1.165, 1.54) is 6.42 Å². The molecule has 0 bridgehead atoms. The summed E-state index contributed by atoms with van der Waals surface area (Å²) in [6, 6.07) is 0.608. The molecule has 1 heterocycles. The third-order valence-electron chi connectivity index (χ3n) is 3.82. The monoisotopic (exact) mass is 258 g/mol. The molecular weight excluding hydrogens is 228 g/mol. The number of hydrogen-bond acceptors (Lipinski definition) is 4. The fraction of sp³-hybridized carbons (Fsp3) is 1.00. The first kappa shape index (κ1) is 15.9. The first-order valence-corrected chi connectivity index (χ1v) is 7.33. The summed E-state index contributed by atoms with van der Waals surface area (Å²) in [5.74, 6) is 0. The van der Waals surface area contributed by atoms with E-state index in [9.17, 15) is 0 Å². The van der Waals surface area contributed by atoms with Gasteiger partial charge >= 0.3 is 0 Å². The molecule has 1 rings (SSSR count). The smallest absolute Gasteiger partial charge is 0.0600 e. The first-order chi connectivity index (χ1) is 8.77. The van der Waals surface area contributed by atoms with Crippen LogP contribution in [0.1, 0.15) is 33.1 Å². The molecule has 1 fully saturated rings. The Kier molecular flexibility index (Phi) is 8.59. The Bertz CT molecular complexity index is 196. The van der Waals surface area contributed by atoms with Crippen molar-refractivity contribution in [1.82, 2.24) is 10.2 Å². The van der Waals surface area contributed by atoms with Crippen LogP contribution >= 0.6 is 0 Å². The summed E-state index contributed by atoms with van der Waals surface area (Å²) >= 11 is 0. The lowest BCUT2D eigenvalue weighted by Gasteiger charge is -2.29. The van der Waals surface area contributed by atoms with Gasteiger partial charge in [0.15, 0.2) is 0 Å². The molecule has 108 valence electrons. The maximum Gasteiger partial charge on any atom is 0.0600 e. The average molecular weight is 258 g/mol. The molecule has 1 aliphatic heterocycles. The average Bonchev–Trinajstić information content (AvgIpc) is 2.43. The molecule has 0 spiro atoms. The van der Waals surface area contributed by atoms with Crippen LogP contribution in [-0.2, 0) is 9.47 Å². The maximum absolute atomic E-state index is 5.97. The van der Waals surface area contributed by atoms with Crippen molar-refractivity contribution in [1.29, 1.82) is 0 Å². The zero-order valence-electron chi connectivity index (χ0n) is 12.3. The van der Waals surface area contributed by atoms with Crippen molar-refractivity contribution in [3.8, 4) is 0 Å². The molecule has 0 radical (unpaired) electrons. The molecule has 4 nitrogen and oxygen atoms in total. The van der Waals surface area contributed by atoms with Gasteiger partial charge in [-0.15, -0.1) is 0 Å². The highest BCUT2D eigenvalue weighted by Crippen LogP contribution is 2.08. The highest BCUT2D eigenvalue weighted by Gasteiger charge is 2.15. The lowest BCUT2D eigenvalue weighted by molar-refractivity contribution is 0.0105. The minimum absolute atomic E-state index is 0.465. The van der Waals surface area contributed by atoms with E-state index >= 15 is 0 Å². The summed E-state index contributed by atoms with van der Waals surface area (Å²) in [4.78, 5) is 2.46. The van der Waals surface area contributed by atoms with Crippen LogP contribution in [0, 0.1) is 0 Å². The quantitative estimate of drug-likeness (QED) is 0.679. The molecule has 1 aliphatic rings. The Hall–Kier alpha value is -0.160. The lowest BCUT2D eigenvalue weighted by atomic mass is 10.1. The molecule has 0 aromatic heterocycles.